The summed E-state index contributed by atoms with van der Waals surface area (Å²) in [5.74, 6) is -1.42. The van der Waals surface area contributed by atoms with Crippen LogP contribution in [0.3, 0.4) is 0 Å². The van der Waals surface area contributed by atoms with Crippen molar-refractivity contribution in [1.82, 2.24) is 4.98 Å². The second-order valence-corrected chi connectivity index (χ2v) is 7.87. The highest BCUT2D eigenvalue weighted by Gasteiger charge is 2.45. The van der Waals surface area contributed by atoms with Gasteiger partial charge in [0.15, 0.2) is 11.5 Å². The quantitative estimate of drug-likeness (QED) is 0.585. The van der Waals surface area contributed by atoms with Crippen LogP contribution in [0.15, 0.2) is 84.3 Å². The van der Waals surface area contributed by atoms with Gasteiger partial charge in [0.2, 0.25) is 0 Å². The lowest BCUT2D eigenvalue weighted by Crippen LogP contribution is -2.32. The zero-order valence-corrected chi connectivity index (χ0v) is 17.7. The number of hydrogen-bond acceptors (Lipinski definition) is 4. The van der Waals surface area contributed by atoms with Gasteiger partial charge in [0.25, 0.3) is 5.91 Å². The molecule has 1 atom stereocenters. The number of rotatable bonds is 6. The minimum Gasteiger partial charge on any atom is -0.503 e. The molecule has 31 heavy (non-hydrogen) atoms. The van der Waals surface area contributed by atoms with Crippen LogP contribution in [0.5, 0.6) is 0 Å². The SMILES string of the molecule is Cc1cc(Cl)ccc1N1C(=O)C(O)=C(C(=O)CCc2ccccc2)C1c1ccccn1. The standard InChI is InChI=1S/C25H21ClN2O3/c1-16-15-18(26)11-12-20(16)28-23(19-9-5-6-14-27-19)22(24(30)25(28)31)21(29)13-10-17-7-3-2-4-8-17/h2-9,11-12,14-15,23,30H,10,13H2,1H3. The summed E-state index contributed by atoms with van der Waals surface area (Å²) in [4.78, 5) is 32.2. The van der Waals surface area contributed by atoms with Crippen LogP contribution < -0.4 is 4.90 Å². The molecule has 1 aromatic heterocycles. The number of carbonyl (C=O) groups excluding carboxylic acids is 2. The number of halogens is 1. The van der Waals surface area contributed by atoms with Gasteiger partial charge in [0.1, 0.15) is 6.04 Å². The molecule has 6 heteroatoms. The summed E-state index contributed by atoms with van der Waals surface area (Å²) < 4.78 is 0. The molecule has 0 radical (unpaired) electrons. The van der Waals surface area contributed by atoms with Crippen LogP contribution in [0.2, 0.25) is 5.02 Å². The van der Waals surface area contributed by atoms with Crippen molar-refractivity contribution in [2.45, 2.75) is 25.8 Å². The minimum atomic E-state index is -0.808. The van der Waals surface area contributed by atoms with Crippen molar-refractivity contribution in [3.8, 4) is 0 Å². The van der Waals surface area contributed by atoms with Gasteiger partial charge in [0, 0.05) is 23.3 Å². The van der Waals surface area contributed by atoms with Gasteiger partial charge in [-0.05, 0) is 54.8 Å². The number of benzene rings is 2. The van der Waals surface area contributed by atoms with Crippen LogP contribution in [0.4, 0.5) is 5.69 Å². The molecule has 2 aromatic carbocycles. The van der Waals surface area contributed by atoms with E-state index in [-0.39, 0.29) is 17.8 Å². The van der Waals surface area contributed by atoms with E-state index in [0.717, 1.165) is 11.1 Å². The van der Waals surface area contributed by atoms with E-state index in [4.69, 9.17) is 11.6 Å². The van der Waals surface area contributed by atoms with Crippen molar-refractivity contribution in [1.29, 1.82) is 0 Å². The molecule has 0 aliphatic carbocycles. The minimum absolute atomic E-state index is 0.0778. The normalized spacial score (nSPS) is 16.1. The summed E-state index contributed by atoms with van der Waals surface area (Å²) in [5, 5.41) is 11.3. The second kappa shape index (κ2) is 8.74. The molecule has 0 spiro atoms. The third-order valence-corrected chi connectivity index (χ3v) is 5.61. The number of aromatic nitrogens is 1. The molecule has 1 aliphatic rings. The van der Waals surface area contributed by atoms with E-state index in [1.807, 2.05) is 37.3 Å². The van der Waals surface area contributed by atoms with Crippen molar-refractivity contribution < 1.29 is 14.7 Å². The lowest BCUT2D eigenvalue weighted by atomic mass is 9.95. The third-order valence-electron chi connectivity index (χ3n) is 5.38. The summed E-state index contributed by atoms with van der Waals surface area (Å²) in [5.41, 5.74) is 2.93. The van der Waals surface area contributed by atoms with E-state index >= 15 is 0 Å². The number of aliphatic hydroxyl groups is 1. The van der Waals surface area contributed by atoms with Gasteiger partial charge in [-0.15, -0.1) is 0 Å². The molecular formula is C25H21ClN2O3. The van der Waals surface area contributed by atoms with Gasteiger partial charge >= 0.3 is 0 Å². The molecule has 1 unspecified atom stereocenters. The molecular weight excluding hydrogens is 412 g/mol. The number of aryl methyl sites for hydroxylation is 2. The molecule has 4 rings (SSSR count). The molecule has 2 heterocycles. The fourth-order valence-corrected chi connectivity index (χ4v) is 4.11. The smallest absolute Gasteiger partial charge is 0.294 e. The number of nitrogens with zero attached hydrogens (tertiary/aromatic N) is 2. The maximum absolute atomic E-state index is 13.2. The van der Waals surface area contributed by atoms with Crippen molar-refractivity contribution in [3.63, 3.8) is 0 Å². The maximum Gasteiger partial charge on any atom is 0.294 e. The Labute approximate surface area is 185 Å². The van der Waals surface area contributed by atoms with E-state index in [2.05, 4.69) is 4.98 Å². The Balaban J connectivity index is 1.74. The topological polar surface area (TPSA) is 70.5 Å². The van der Waals surface area contributed by atoms with Gasteiger partial charge in [-0.3, -0.25) is 19.5 Å². The van der Waals surface area contributed by atoms with E-state index in [1.165, 1.54) is 4.90 Å². The number of hydrogen-bond donors (Lipinski definition) is 1. The largest absolute Gasteiger partial charge is 0.503 e. The Hall–Kier alpha value is -3.44. The fourth-order valence-electron chi connectivity index (χ4n) is 3.88. The van der Waals surface area contributed by atoms with Gasteiger partial charge < -0.3 is 5.11 Å². The second-order valence-electron chi connectivity index (χ2n) is 7.43. The van der Waals surface area contributed by atoms with Crippen LogP contribution in [0.1, 0.15) is 29.3 Å². The molecule has 0 fully saturated rings. The molecule has 0 bridgehead atoms. The Kier molecular flexibility index (Phi) is 5.87. The van der Waals surface area contributed by atoms with Crippen molar-refractivity contribution >= 4 is 29.0 Å². The first-order valence-electron chi connectivity index (χ1n) is 9.98. The number of ketones is 1. The van der Waals surface area contributed by atoms with Gasteiger partial charge in [-0.1, -0.05) is 48.0 Å². The fraction of sp³-hybridized carbons (Fsp3) is 0.160. The first kappa shape index (κ1) is 20.8. The summed E-state index contributed by atoms with van der Waals surface area (Å²) in [7, 11) is 0. The Bertz CT molecular complexity index is 1160. The first-order chi connectivity index (χ1) is 15.0. The highest BCUT2D eigenvalue weighted by atomic mass is 35.5. The maximum atomic E-state index is 13.2. The van der Waals surface area contributed by atoms with Crippen molar-refractivity contribution in [2.75, 3.05) is 4.90 Å². The number of anilines is 1. The van der Waals surface area contributed by atoms with Gasteiger partial charge in [-0.25, -0.2) is 0 Å². The Morgan fingerprint density at radius 2 is 1.84 bits per heavy atom. The van der Waals surface area contributed by atoms with Gasteiger partial charge in [0.05, 0.1) is 11.3 Å². The molecule has 5 nitrogen and oxygen atoms in total. The summed E-state index contributed by atoms with van der Waals surface area (Å²) in [6, 6.07) is 19.3. The Morgan fingerprint density at radius 3 is 2.52 bits per heavy atom. The van der Waals surface area contributed by atoms with Crippen LogP contribution in [-0.4, -0.2) is 21.8 Å². The predicted molar refractivity (Wildman–Crippen MR) is 120 cm³/mol. The van der Waals surface area contributed by atoms with Crippen LogP contribution in [0.25, 0.3) is 0 Å². The highest BCUT2D eigenvalue weighted by Crippen LogP contribution is 2.42. The lowest BCUT2D eigenvalue weighted by molar-refractivity contribution is -0.118. The predicted octanol–water partition coefficient (Wildman–Crippen LogP) is 5.15. The summed E-state index contributed by atoms with van der Waals surface area (Å²) in [6.07, 6.45) is 2.29. The van der Waals surface area contributed by atoms with Crippen LogP contribution in [0, 0.1) is 6.92 Å². The molecule has 1 amide bonds. The van der Waals surface area contributed by atoms with E-state index in [0.29, 0.717) is 22.8 Å². The number of pyridine rings is 1. The van der Waals surface area contributed by atoms with Gasteiger partial charge in [-0.2, -0.15) is 0 Å². The number of aliphatic hydroxyl groups excluding tert-OH is 1. The van der Waals surface area contributed by atoms with Crippen molar-refractivity contribution in [2.24, 2.45) is 0 Å². The number of Topliss-reactive ketones (excluding diaryl/α,β-unsaturated/α-hetero) is 1. The summed E-state index contributed by atoms with van der Waals surface area (Å²) in [6.45, 7) is 1.83. The molecule has 1 N–H and O–H groups in total. The molecule has 156 valence electrons. The van der Waals surface area contributed by atoms with Crippen LogP contribution in [-0.2, 0) is 16.0 Å². The first-order valence-corrected chi connectivity index (χ1v) is 10.4. The molecule has 3 aromatic rings. The van der Waals surface area contributed by atoms with E-state index < -0.39 is 17.7 Å². The van der Waals surface area contributed by atoms with Crippen LogP contribution >= 0.6 is 11.6 Å². The average Bonchev–Trinajstić information content (AvgIpc) is 3.04. The van der Waals surface area contributed by atoms with Crippen molar-refractivity contribution in [3.05, 3.63) is 106 Å². The molecule has 0 saturated carbocycles. The average molecular weight is 433 g/mol. The third kappa shape index (κ3) is 4.09. The molecule has 1 aliphatic heterocycles. The zero-order chi connectivity index (χ0) is 22.0. The lowest BCUT2D eigenvalue weighted by Gasteiger charge is -2.27. The zero-order valence-electron chi connectivity index (χ0n) is 17.0. The highest BCUT2D eigenvalue weighted by molar-refractivity contribution is 6.30. The Morgan fingerprint density at radius 1 is 1.10 bits per heavy atom. The molecule has 0 saturated heterocycles. The van der Waals surface area contributed by atoms with E-state index in [1.54, 1.807) is 42.6 Å². The van der Waals surface area contributed by atoms with E-state index in [9.17, 15) is 14.7 Å². The number of carbonyl (C=O) groups is 2. The summed E-state index contributed by atoms with van der Waals surface area (Å²) >= 11 is 6.09. The monoisotopic (exact) mass is 432 g/mol. The number of amides is 1.